The molecule has 2 aromatic carbocycles. The lowest BCUT2D eigenvalue weighted by Gasteiger charge is -2.20. The lowest BCUT2D eigenvalue weighted by Crippen LogP contribution is -2.15. The van der Waals surface area contributed by atoms with Gasteiger partial charge >= 0.3 is 0 Å². The van der Waals surface area contributed by atoms with Gasteiger partial charge < -0.3 is 24.8 Å². The van der Waals surface area contributed by atoms with Crippen molar-refractivity contribution in [1.29, 1.82) is 0 Å². The van der Waals surface area contributed by atoms with E-state index in [1.165, 1.54) is 0 Å². The first-order chi connectivity index (χ1) is 12.9. The monoisotopic (exact) mass is 432 g/mol. The molecule has 0 amide bonds. The molecule has 2 N–H and O–H groups in total. The highest BCUT2D eigenvalue weighted by atomic mass is 79.9. The molecule has 1 aliphatic heterocycles. The van der Waals surface area contributed by atoms with E-state index in [1.54, 1.807) is 43.5 Å². The minimum atomic E-state index is -0.157. The van der Waals surface area contributed by atoms with Gasteiger partial charge in [-0.3, -0.25) is 4.79 Å². The van der Waals surface area contributed by atoms with Crippen molar-refractivity contribution in [2.45, 2.75) is 0 Å². The van der Waals surface area contributed by atoms with Gasteiger partial charge in [-0.05, 0) is 46.3 Å². The smallest absolute Gasteiger partial charge is 0.200 e. The van der Waals surface area contributed by atoms with Gasteiger partial charge in [-0.2, -0.15) is 0 Å². The number of ether oxygens (including phenoxy) is 3. The lowest BCUT2D eigenvalue weighted by atomic mass is 10.1. The van der Waals surface area contributed by atoms with E-state index in [-0.39, 0.29) is 5.78 Å². The van der Waals surface area contributed by atoms with Gasteiger partial charge in [0.15, 0.2) is 17.3 Å². The third-order valence-electron chi connectivity index (χ3n) is 4.17. The van der Waals surface area contributed by atoms with E-state index in [0.717, 1.165) is 5.69 Å². The van der Waals surface area contributed by atoms with Gasteiger partial charge in [-0.25, -0.2) is 0 Å². The summed E-state index contributed by atoms with van der Waals surface area (Å²) in [5.74, 6) is 1.70. The van der Waals surface area contributed by atoms with Crippen LogP contribution in [0.3, 0.4) is 0 Å². The largest absolute Gasteiger partial charge is 0.496 e. The highest BCUT2D eigenvalue weighted by Gasteiger charge is 2.18. The number of hydrogen-bond donors (Lipinski definition) is 1. The Morgan fingerprint density at radius 1 is 1.19 bits per heavy atom. The van der Waals surface area contributed by atoms with E-state index < -0.39 is 0 Å². The molecule has 1 heterocycles. The van der Waals surface area contributed by atoms with Crippen LogP contribution in [0.5, 0.6) is 17.2 Å². The van der Waals surface area contributed by atoms with Gasteiger partial charge in [-0.1, -0.05) is 0 Å². The normalized spacial score (nSPS) is 13.3. The number of rotatable bonds is 5. The summed E-state index contributed by atoms with van der Waals surface area (Å²) in [7, 11) is 5.33. The van der Waals surface area contributed by atoms with Crippen LogP contribution in [-0.2, 0) is 0 Å². The number of benzene rings is 2. The van der Waals surface area contributed by atoms with Gasteiger partial charge in [0.05, 0.1) is 23.0 Å². The van der Waals surface area contributed by atoms with Gasteiger partial charge in [0.25, 0.3) is 0 Å². The standard InChI is InChI=1S/C20H21BrN2O4/c1-23(2)16-9-12(4-5-15(16)22)20(24)14(21)8-13-10-18-19(11-17(13)25-3)27-7-6-26-18/h4-5,8-11H,6-7,22H2,1-3H3. The molecule has 3 rings (SSSR count). The third kappa shape index (κ3) is 4.03. The van der Waals surface area contributed by atoms with Crippen molar-refractivity contribution in [1.82, 2.24) is 0 Å². The molecular weight excluding hydrogens is 412 g/mol. The number of anilines is 2. The second-order valence-corrected chi connectivity index (χ2v) is 7.08. The Kier molecular flexibility index (Phi) is 5.60. The summed E-state index contributed by atoms with van der Waals surface area (Å²) in [6.45, 7) is 0.986. The van der Waals surface area contributed by atoms with Crippen LogP contribution in [0.2, 0.25) is 0 Å². The molecule has 0 radical (unpaired) electrons. The molecule has 0 aliphatic carbocycles. The van der Waals surface area contributed by atoms with Crippen molar-refractivity contribution < 1.29 is 19.0 Å². The van der Waals surface area contributed by atoms with E-state index in [9.17, 15) is 4.79 Å². The maximum atomic E-state index is 12.9. The fraction of sp³-hybridized carbons (Fsp3) is 0.250. The maximum absolute atomic E-state index is 12.9. The average Bonchev–Trinajstić information content (AvgIpc) is 2.66. The molecule has 0 unspecified atom stereocenters. The molecule has 0 bridgehead atoms. The fourth-order valence-electron chi connectivity index (χ4n) is 2.79. The lowest BCUT2D eigenvalue weighted by molar-refractivity contribution is 0.104. The summed E-state index contributed by atoms with van der Waals surface area (Å²) < 4.78 is 17.0. The molecular formula is C20H21BrN2O4. The molecule has 7 heteroatoms. The molecule has 142 valence electrons. The fourth-order valence-corrected chi connectivity index (χ4v) is 3.26. The zero-order valence-electron chi connectivity index (χ0n) is 15.4. The Morgan fingerprint density at radius 3 is 2.48 bits per heavy atom. The summed E-state index contributed by atoms with van der Waals surface area (Å²) in [6, 6.07) is 8.77. The predicted molar refractivity (Wildman–Crippen MR) is 110 cm³/mol. The number of hydrogen-bond acceptors (Lipinski definition) is 6. The van der Waals surface area contributed by atoms with E-state index >= 15 is 0 Å². The van der Waals surface area contributed by atoms with Crippen molar-refractivity contribution in [2.75, 3.05) is 45.1 Å². The molecule has 0 fully saturated rings. The molecule has 27 heavy (non-hydrogen) atoms. The number of nitrogen functional groups attached to an aromatic ring is 1. The SMILES string of the molecule is COc1cc2c(cc1C=C(Br)C(=O)c1ccc(N)c(N(C)C)c1)OCCO2. The van der Waals surface area contributed by atoms with Crippen molar-refractivity contribution >= 4 is 39.2 Å². The van der Waals surface area contributed by atoms with Crippen LogP contribution in [0, 0.1) is 0 Å². The molecule has 0 aromatic heterocycles. The summed E-state index contributed by atoms with van der Waals surface area (Å²) in [5.41, 5.74) is 8.63. The molecule has 1 aliphatic rings. The minimum Gasteiger partial charge on any atom is -0.496 e. The van der Waals surface area contributed by atoms with Gasteiger partial charge in [0, 0.05) is 31.3 Å². The predicted octanol–water partition coefficient (Wildman–Crippen LogP) is 3.73. The number of carbonyl (C=O) groups is 1. The second kappa shape index (κ2) is 7.92. The Labute approximate surface area is 166 Å². The summed E-state index contributed by atoms with van der Waals surface area (Å²) in [6.07, 6.45) is 1.71. The van der Waals surface area contributed by atoms with Crippen molar-refractivity contribution in [3.8, 4) is 17.2 Å². The van der Waals surface area contributed by atoms with Gasteiger partial charge in [0.1, 0.15) is 19.0 Å². The van der Waals surface area contributed by atoms with Gasteiger partial charge in [0.2, 0.25) is 0 Å². The van der Waals surface area contributed by atoms with Crippen LogP contribution in [0.4, 0.5) is 11.4 Å². The minimum absolute atomic E-state index is 0.157. The summed E-state index contributed by atoms with van der Waals surface area (Å²) >= 11 is 3.40. The van der Waals surface area contributed by atoms with E-state index in [1.807, 2.05) is 19.0 Å². The number of nitrogens with zero attached hydrogens (tertiary/aromatic N) is 1. The highest BCUT2D eigenvalue weighted by molar-refractivity contribution is 9.12. The third-order valence-corrected chi connectivity index (χ3v) is 4.76. The number of halogens is 1. The van der Waals surface area contributed by atoms with Crippen molar-refractivity contribution in [3.05, 3.63) is 45.9 Å². The van der Waals surface area contributed by atoms with Crippen LogP contribution < -0.4 is 24.8 Å². The summed E-state index contributed by atoms with van der Waals surface area (Å²) in [5, 5.41) is 0. The second-order valence-electron chi connectivity index (χ2n) is 6.23. The zero-order valence-corrected chi connectivity index (χ0v) is 17.0. The number of Topliss-reactive ketones (excluding diaryl/α,β-unsaturated/α-hetero) is 1. The molecule has 0 saturated carbocycles. The first-order valence-electron chi connectivity index (χ1n) is 8.37. The van der Waals surface area contributed by atoms with Gasteiger partial charge in [-0.15, -0.1) is 0 Å². The number of methoxy groups -OCH3 is 1. The van der Waals surface area contributed by atoms with Crippen molar-refractivity contribution in [2.24, 2.45) is 0 Å². The maximum Gasteiger partial charge on any atom is 0.200 e. The van der Waals surface area contributed by atoms with E-state index in [2.05, 4.69) is 15.9 Å². The molecule has 0 saturated heterocycles. The van der Waals surface area contributed by atoms with Crippen LogP contribution in [0.1, 0.15) is 15.9 Å². The first-order valence-corrected chi connectivity index (χ1v) is 9.16. The topological polar surface area (TPSA) is 74.0 Å². The Hall–Kier alpha value is -2.67. The quantitative estimate of drug-likeness (QED) is 0.440. The Morgan fingerprint density at radius 2 is 1.85 bits per heavy atom. The van der Waals surface area contributed by atoms with Crippen LogP contribution in [-0.4, -0.2) is 40.2 Å². The molecule has 2 aromatic rings. The number of nitrogens with two attached hydrogens (primary N) is 1. The van der Waals surface area contributed by atoms with E-state index in [0.29, 0.717) is 51.8 Å². The van der Waals surface area contributed by atoms with E-state index in [4.69, 9.17) is 19.9 Å². The number of ketones is 1. The molecule has 0 spiro atoms. The molecule has 6 nitrogen and oxygen atoms in total. The summed E-state index contributed by atoms with van der Waals surface area (Å²) in [4.78, 5) is 14.7. The average molecular weight is 433 g/mol. The number of allylic oxidation sites excluding steroid dienone is 1. The first kappa shape index (κ1) is 19.1. The number of fused-ring (bicyclic) bond motifs is 1. The van der Waals surface area contributed by atoms with Crippen LogP contribution in [0.25, 0.3) is 6.08 Å². The molecule has 0 atom stereocenters. The van der Waals surface area contributed by atoms with Crippen LogP contribution >= 0.6 is 15.9 Å². The zero-order chi connectivity index (χ0) is 19.6. The van der Waals surface area contributed by atoms with Crippen molar-refractivity contribution in [3.63, 3.8) is 0 Å². The number of carbonyl (C=O) groups excluding carboxylic acids is 1. The Balaban J connectivity index is 1.95. The van der Waals surface area contributed by atoms with Crippen LogP contribution in [0.15, 0.2) is 34.8 Å². The Bertz CT molecular complexity index is 909. The highest BCUT2D eigenvalue weighted by Crippen LogP contribution is 2.38.